The maximum absolute atomic E-state index is 13.5. The van der Waals surface area contributed by atoms with E-state index < -0.39 is 34.7 Å². The molecular formula is C57H70F3N11O5S3. The summed E-state index contributed by atoms with van der Waals surface area (Å²) in [6, 6.07) is -0.430. The molecule has 11 heterocycles. The number of aliphatic hydroxyl groups excluding tert-OH is 1. The molecule has 4 N–H and O–H groups in total. The Balaban J connectivity index is 0.851. The largest absolute Gasteiger partial charge is 0.415 e. The molecule has 3 aliphatic heterocycles. The van der Waals surface area contributed by atoms with Crippen molar-refractivity contribution in [1.29, 1.82) is 0 Å². The summed E-state index contributed by atoms with van der Waals surface area (Å²) in [6.07, 6.45) is 6.31. The molecule has 6 atom stereocenters. The number of carbonyl (C=O) groups excluding carboxylic acids is 1. The number of H-pyrrole nitrogens is 2. The summed E-state index contributed by atoms with van der Waals surface area (Å²) in [4.78, 5) is 40.0. The number of ether oxygens (including phenoxy) is 1. The lowest BCUT2D eigenvalue weighted by molar-refractivity contribution is -0.229. The van der Waals surface area contributed by atoms with Gasteiger partial charge in [0, 0.05) is 82.8 Å². The molecule has 8 aromatic heterocycles. The van der Waals surface area contributed by atoms with Gasteiger partial charge < -0.3 is 30.0 Å². The van der Waals surface area contributed by atoms with Gasteiger partial charge >= 0.3 is 6.18 Å². The van der Waals surface area contributed by atoms with E-state index in [4.69, 9.17) is 9.72 Å². The van der Waals surface area contributed by atoms with Crippen molar-refractivity contribution in [3.8, 4) is 22.5 Å². The first-order valence-corrected chi connectivity index (χ1v) is 31.3. The molecule has 2 bridgehead atoms. The van der Waals surface area contributed by atoms with Crippen molar-refractivity contribution in [2.75, 3.05) is 57.4 Å². The van der Waals surface area contributed by atoms with E-state index in [-0.39, 0.29) is 48.4 Å². The Morgan fingerprint density at radius 1 is 0.835 bits per heavy atom. The molecule has 0 aromatic carbocycles. The minimum absolute atomic E-state index is 0.0862. The van der Waals surface area contributed by atoms with Crippen molar-refractivity contribution in [3.05, 3.63) is 79.3 Å². The number of sulfone groups is 1. The highest BCUT2D eigenvalue weighted by Gasteiger charge is 2.47. The minimum Gasteiger partial charge on any atom is -0.395 e. The number of aliphatic hydroxyl groups is 1. The molecule has 8 aromatic rings. The maximum atomic E-state index is 13.5. The number of aryl methyl sites for hydroxylation is 4. The number of aromatic nitrogens is 8. The van der Waals surface area contributed by atoms with Crippen LogP contribution in [0.4, 0.5) is 13.2 Å². The van der Waals surface area contributed by atoms with Crippen LogP contribution in [-0.4, -0.2) is 150 Å². The summed E-state index contributed by atoms with van der Waals surface area (Å²) in [7, 11) is -3.27. The lowest BCUT2D eigenvalue weighted by Gasteiger charge is -2.37. The van der Waals surface area contributed by atoms with E-state index >= 15 is 0 Å². The quantitative estimate of drug-likeness (QED) is 0.0764. The predicted molar refractivity (Wildman–Crippen MR) is 304 cm³/mol. The zero-order valence-electron chi connectivity index (χ0n) is 46.1. The van der Waals surface area contributed by atoms with Gasteiger partial charge in [-0.1, -0.05) is 20.8 Å². The van der Waals surface area contributed by atoms with Gasteiger partial charge in [-0.2, -0.15) is 23.4 Å². The molecule has 1 amide bonds. The number of pyridine rings is 2. The molecule has 422 valence electrons. The molecule has 1 aliphatic carbocycles. The fourth-order valence-corrected chi connectivity index (χ4v) is 17.9. The van der Waals surface area contributed by atoms with Crippen LogP contribution in [0.15, 0.2) is 25.0 Å². The summed E-state index contributed by atoms with van der Waals surface area (Å²) >= 11 is 3.68. The molecule has 22 heteroatoms. The standard InChI is InChI=1S/C57H70F3N11O5S3/c1-28(2)44-46-34(8)51(39-20-37-19-36(39)22-69(37)15-17-79(74,75)18-16-72)78-54(46)67-49(44)41-24-71-53(63-27-65-71)32(6)38(41)10-9-29(3)45-47-33(7)50(77-55(47)66-48(45)40-23-70-52(62-26-64-70)31(5)30(40)4)35-11-13-68(14-12-35)56(73)42-25-76-43(21-61-42)57(58,59)60/h23-24,26-29,35-37,39,42-43,61,66-67,72H,9-22,25H2,1-8H3/t29?,36?,37?,39-,42-,43-/m1/s1. The molecule has 12 rings (SSSR count). The Hall–Kier alpha value is -5.23. The fraction of sp³-hybridized carbons (Fsp3) is 0.561. The van der Waals surface area contributed by atoms with E-state index in [0.717, 1.165) is 100 Å². The second-order valence-electron chi connectivity index (χ2n) is 23.3. The number of nitrogens with one attached hydrogen (secondary N) is 3. The number of hydrogen-bond donors (Lipinski definition) is 4. The normalized spacial score (nSPS) is 22.1. The van der Waals surface area contributed by atoms with Crippen molar-refractivity contribution >= 4 is 70.1 Å². The van der Waals surface area contributed by atoms with E-state index in [9.17, 15) is 31.5 Å². The van der Waals surface area contributed by atoms with Crippen LogP contribution in [0.25, 0.3) is 54.2 Å². The molecule has 3 saturated heterocycles. The van der Waals surface area contributed by atoms with Gasteiger partial charge in [0.15, 0.2) is 27.2 Å². The van der Waals surface area contributed by atoms with Crippen LogP contribution in [0, 0.1) is 40.5 Å². The lowest BCUT2D eigenvalue weighted by atomic mass is 9.85. The first kappa shape index (κ1) is 54.4. The highest BCUT2D eigenvalue weighted by Crippen LogP contribution is 2.54. The topological polar surface area (TPSA) is 191 Å². The number of amides is 1. The fourth-order valence-electron chi connectivity index (χ4n) is 14.1. The van der Waals surface area contributed by atoms with Gasteiger partial charge in [0.05, 0.1) is 36.1 Å². The Bertz CT molecular complexity index is 3760. The number of likely N-dealkylation sites (tertiary alicyclic amines) is 2. The number of halogens is 3. The molecule has 1 saturated carbocycles. The van der Waals surface area contributed by atoms with Gasteiger partial charge in [-0.25, -0.2) is 27.4 Å². The third-order valence-corrected chi connectivity index (χ3v) is 22.7. The second kappa shape index (κ2) is 20.6. The number of fused-ring (bicyclic) bond motifs is 6. The molecule has 16 nitrogen and oxygen atoms in total. The molecule has 4 fully saturated rings. The van der Waals surface area contributed by atoms with Crippen LogP contribution in [0.3, 0.4) is 0 Å². The highest BCUT2D eigenvalue weighted by atomic mass is 32.2. The average molecular weight is 1140 g/mol. The Morgan fingerprint density at radius 3 is 2.09 bits per heavy atom. The van der Waals surface area contributed by atoms with Gasteiger partial charge in [-0.3, -0.25) is 9.69 Å². The average Bonchev–Trinajstić information content (AvgIpc) is 4.36. The van der Waals surface area contributed by atoms with Crippen LogP contribution in [0.2, 0.25) is 0 Å². The third kappa shape index (κ3) is 9.51. The van der Waals surface area contributed by atoms with Crippen molar-refractivity contribution < 1.29 is 36.2 Å². The second-order valence-corrected chi connectivity index (χ2v) is 27.7. The molecule has 0 spiro atoms. The summed E-state index contributed by atoms with van der Waals surface area (Å²) in [6.45, 7) is 19.3. The smallest absolute Gasteiger partial charge is 0.395 e. The van der Waals surface area contributed by atoms with E-state index in [1.54, 1.807) is 28.9 Å². The van der Waals surface area contributed by atoms with Gasteiger partial charge in [0.2, 0.25) is 5.91 Å². The maximum Gasteiger partial charge on any atom is 0.415 e. The Labute approximate surface area is 465 Å². The third-order valence-electron chi connectivity index (χ3n) is 18.4. The number of thiophene rings is 2. The molecule has 79 heavy (non-hydrogen) atoms. The lowest BCUT2D eigenvalue weighted by Crippen LogP contribution is -2.58. The number of hydrogen-bond acceptors (Lipinski definition) is 13. The van der Waals surface area contributed by atoms with Crippen LogP contribution in [0.1, 0.15) is 131 Å². The highest BCUT2D eigenvalue weighted by molar-refractivity contribution is 7.91. The molecular weight excluding hydrogens is 1070 g/mol. The number of rotatable bonds is 15. The Morgan fingerprint density at radius 2 is 1.47 bits per heavy atom. The molecule has 3 unspecified atom stereocenters. The van der Waals surface area contributed by atoms with Gasteiger partial charge in [-0.15, -0.1) is 22.7 Å². The summed E-state index contributed by atoms with van der Waals surface area (Å²) in [5, 5.41) is 23.9. The van der Waals surface area contributed by atoms with E-state index in [0.29, 0.717) is 37.5 Å². The van der Waals surface area contributed by atoms with E-state index in [1.807, 2.05) is 20.4 Å². The summed E-state index contributed by atoms with van der Waals surface area (Å²) in [5.74, 6) is 1.12. The van der Waals surface area contributed by atoms with Crippen LogP contribution in [-0.2, 0) is 25.8 Å². The first-order valence-electron chi connectivity index (χ1n) is 27.9. The number of piperidine rings is 2. The van der Waals surface area contributed by atoms with Crippen molar-refractivity contribution in [1.82, 2.24) is 54.3 Å². The monoisotopic (exact) mass is 1140 g/mol. The van der Waals surface area contributed by atoms with Crippen molar-refractivity contribution in [3.63, 3.8) is 0 Å². The number of morpholine rings is 1. The molecule has 4 aliphatic rings. The van der Waals surface area contributed by atoms with Crippen molar-refractivity contribution in [2.24, 2.45) is 5.92 Å². The van der Waals surface area contributed by atoms with Gasteiger partial charge in [-0.05, 0) is 147 Å². The zero-order valence-corrected chi connectivity index (χ0v) is 48.5. The summed E-state index contributed by atoms with van der Waals surface area (Å²) < 4.78 is 73.7. The van der Waals surface area contributed by atoms with Gasteiger partial charge in [0.1, 0.15) is 28.4 Å². The number of nitrogens with zero attached hydrogens (tertiary/aromatic N) is 8. The van der Waals surface area contributed by atoms with Crippen LogP contribution >= 0.6 is 22.7 Å². The van der Waals surface area contributed by atoms with Crippen molar-refractivity contribution in [2.45, 2.75) is 142 Å². The zero-order chi connectivity index (χ0) is 55.6. The first-order chi connectivity index (χ1) is 37.7. The predicted octanol–water partition coefficient (Wildman–Crippen LogP) is 9.80. The van der Waals surface area contributed by atoms with Crippen LogP contribution in [0.5, 0.6) is 0 Å². The number of alkyl halides is 3. The van der Waals surface area contributed by atoms with E-state index in [1.165, 1.54) is 53.2 Å². The van der Waals surface area contributed by atoms with E-state index in [2.05, 4.69) is 103 Å². The van der Waals surface area contributed by atoms with Crippen LogP contribution < -0.4 is 5.32 Å². The number of carbonyl (C=O) groups is 1. The van der Waals surface area contributed by atoms with Gasteiger partial charge in [0.25, 0.3) is 0 Å². The molecule has 0 radical (unpaired) electrons. The minimum atomic E-state index is -4.48. The SMILES string of the molecule is Cc1c(-c2[nH]c3sc(C4CCN(C(=O)[C@H]5CO[C@@H](C(F)(F)F)CN5)CC4)c(C)c3c2C(C)CCc2c(-c3[nH]c4sc([C@@H]5CC6CC5CN6CCS(=O)(=O)CCO)c(C)c4c3C(C)C)cn3ncnc3c2C)cn2ncnc2c1C. The Kier molecular flexibility index (Phi) is 14.2. The summed E-state index contributed by atoms with van der Waals surface area (Å²) in [5.41, 5.74) is 15.8. The number of aromatic amines is 2.